The minimum Gasteiger partial charge on any atom is -0.0882 e. The Morgan fingerprint density at radius 1 is 1.10 bits per heavy atom. The minimum absolute atomic E-state index is 1.25. The Bertz CT molecular complexity index is 72.1. The van der Waals surface area contributed by atoms with Gasteiger partial charge in [-0.05, 0) is 19.3 Å². The van der Waals surface area contributed by atoms with Gasteiger partial charge in [0.25, 0.3) is 0 Å². The highest BCUT2D eigenvalue weighted by molar-refractivity contribution is 4.91. The van der Waals surface area contributed by atoms with Crippen molar-refractivity contribution in [3.8, 4) is 0 Å². The highest BCUT2D eigenvalue weighted by atomic mass is 13.9. The zero-order valence-electron chi connectivity index (χ0n) is 7.27. The number of allylic oxidation sites excluding steroid dienone is 2. The summed E-state index contributed by atoms with van der Waals surface area (Å²) in [6, 6.07) is 0. The average molecular weight is 139 g/mol. The molecule has 0 saturated carbocycles. The summed E-state index contributed by atoms with van der Waals surface area (Å²) in [4.78, 5) is 0. The smallest absolute Gasteiger partial charge is 0.0202 e. The van der Waals surface area contributed by atoms with E-state index in [1.54, 1.807) is 0 Å². The number of hydrogen-bond donors (Lipinski definition) is 0. The van der Waals surface area contributed by atoms with Gasteiger partial charge in [0.15, 0.2) is 0 Å². The van der Waals surface area contributed by atoms with Crippen LogP contribution in [-0.4, -0.2) is 0 Å². The van der Waals surface area contributed by atoms with Crippen molar-refractivity contribution in [2.24, 2.45) is 0 Å². The van der Waals surface area contributed by atoms with Gasteiger partial charge in [0, 0.05) is 0 Å². The van der Waals surface area contributed by atoms with E-state index in [-0.39, 0.29) is 0 Å². The number of hydrogen-bond acceptors (Lipinski definition) is 0. The number of unbranched alkanes of at least 4 members (excludes halogenated alkanes) is 4. The molecule has 0 saturated heterocycles. The molecule has 0 aromatic rings. The Kier molecular flexibility index (Phi) is 8.51. The summed E-state index contributed by atoms with van der Waals surface area (Å²) in [5, 5.41) is 0. The van der Waals surface area contributed by atoms with E-state index < -0.39 is 0 Å². The Balaban J connectivity index is 2.83. The summed E-state index contributed by atoms with van der Waals surface area (Å²) in [6.07, 6.45) is 13.2. The first kappa shape index (κ1) is 9.74. The van der Waals surface area contributed by atoms with Crippen molar-refractivity contribution in [2.75, 3.05) is 0 Å². The first-order valence-electron chi connectivity index (χ1n) is 4.36. The van der Waals surface area contributed by atoms with Crippen molar-refractivity contribution in [3.05, 3.63) is 18.6 Å². The lowest BCUT2D eigenvalue weighted by Crippen LogP contribution is -1.73. The van der Waals surface area contributed by atoms with Crippen LogP contribution in [0.1, 0.15) is 46.0 Å². The van der Waals surface area contributed by atoms with Gasteiger partial charge in [-0.2, -0.15) is 0 Å². The summed E-state index contributed by atoms with van der Waals surface area (Å²) in [5.41, 5.74) is 0. The SMILES string of the molecule is C[CH]C=CCCCCCC. The first-order chi connectivity index (χ1) is 4.91. The van der Waals surface area contributed by atoms with Gasteiger partial charge >= 0.3 is 0 Å². The molecule has 0 N–H and O–H groups in total. The van der Waals surface area contributed by atoms with Crippen LogP contribution >= 0.6 is 0 Å². The van der Waals surface area contributed by atoms with E-state index >= 15 is 0 Å². The molecule has 0 nitrogen and oxygen atoms in total. The molecule has 0 aromatic heterocycles. The van der Waals surface area contributed by atoms with Crippen LogP contribution in [0, 0.1) is 6.42 Å². The lowest BCUT2D eigenvalue weighted by Gasteiger charge is -1.92. The van der Waals surface area contributed by atoms with Crippen LogP contribution < -0.4 is 0 Å². The molecular weight excluding hydrogens is 120 g/mol. The Hall–Kier alpha value is -0.260. The van der Waals surface area contributed by atoms with Gasteiger partial charge < -0.3 is 0 Å². The van der Waals surface area contributed by atoms with Gasteiger partial charge in [-0.1, -0.05) is 45.3 Å². The molecule has 1 radical (unpaired) electrons. The molecule has 0 unspecified atom stereocenters. The van der Waals surface area contributed by atoms with Crippen LogP contribution in [0.3, 0.4) is 0 Å². The molecular formula is C10H19. The molecule has 0 amide bonds. The molecule has 0 heterocycles. The van der Waals surface area contributed by atoms with Gasteiger partial charge in [0.1, 0.15) is 0 Å². The molecule has 59 valence electrons. The normalized spacial score (nSPS) is 11.0. The fraction of sp³-hybridized carbons (Fsp3) is 0.700. The highest BCUT2D eigenvalue weighted by Crippen LogP contribution is 2.02. The molecule has 0 heteroatoms. The van der Waals surface area contributed by atoms with Gasteiger partial charge in [0.2, 0.25) is 0 Å². The van der Waals surface area contributed by atoms with Crippen molar-refractivity contribution in [2.45, 2.75) is 46.0 Å². The Morgan fingerprint density at radius 2 is 1.90 bits per heavy atom. The minimum atomic E-state index is 1.25. The third-order valence-corrected chi connectivity index (χ3v) is 1.55. The van der Waals surface area contributed by atoms with Crippen LogP contribution in [-0.2, 0) is 0 Å². The van der Waals surface area contributed by atoms with Crippen molar-refractivity contribution in [1.29, 1.82) is 0 Å². The van der Waals surface area contributed by atoms with E-state index in [0.29, 0.717) is 0 Å². The maximum atomic E-state index is 2.25. The van der Waals surface area contributed by atoms with Crippen molar-refractivity contribution < 1.29 is 0 Å². The summed E-state index contributed by atoms with van der Waals surface area (Å²) in [6.45, 7) is 4.30. The molecule has 0 aliphatic carbocycles. The number of rotatable bonds is 6. The van der Waals surface area contributed by atoms with Crippen LogP contribution in [0.4, 0.5) is 0 Å². The molecule has 0 atom stereocenters. The monoisotopic (exact) mass is 139 g/mol. The van der Waals surface area contributed by atoms with E-state index in [2.05, 4.69) is 32.4 Å². The topological polar surface area (TPSA) is 0 Å². The molecule has 0 aliphatic heterocycles. The van der Waals surface area contributed by atoms with Crippen LogP contribution in [0.25, 0.3) is 0 Å². The third kappa shape index (κ3) is 7.74. The molecule has 0 rings (SSSR count). The fourth-order valence-corrected chi connectivity index (χ4v) is 0.921. The van der Waals surface area contributed by atoms with Gasteiger partial charge in [-0.3, -0.25) is 0 Å². The predicted molar refractivity (Wildman–Crippen MR) is 47.9 cm³/mol. The second kappa shape index (κ2) is 8.74. The summed E-state index contributed by atoms with van der Waals surface area (Å²) in [7, 11) is 0. The van der Waals surface area contributed by atoms with Crippen molar-refractivity contribution in [1.82, 2.24) is 0 Å². The summed E-state index contributed by atoms with van der Waals surface area (Å²) >= 11 is 0. The molecule has 0 spiro atoms. The van der Waals surface area contributed by atoms with Crippen molar-refractivity contribution >= 4 is 0 Å². The zero-order chi connectivity index (χ0) is 7.66. The van der Waals surface area contributed by atoms with E-state index in [9.17, 15) is 0 Å². The zero-order valence-corrected chi connectivity index (χ0v) is 7.27. The summed E-state index contributed by atoms with van der Waals surface area (Å²) in [5.74, 6) is 0. The maximum absolute atomic E-state index is 2.25. The Labute approximate surface area is 65.3 Å². The molecule has 0 bridgehead atoms. The van der Waals surface area contributed by atoms with E-state index in [4.69, 9.17) is 0 Å². The first-order valence-corrected chi connectivity index (χ1v) is 4.36. The molecule has 0 aliphatic rings. The van der Waals surface area contributed by atoms with Gasteiger partial charge in [-0.15, -0.1) is 0 Å². The molecule has 0 fully saturated rings. The third-order valence-electron chi connectivity index (χ3n) is 1.55. The standard InChI is InChI=1S/C10H19/c1-3-5-7-9-10-8-6-4-2/h3,5,7H,4,6,8-10H2,1-2H3. The molecule has 0 aromatic carbocycles. The summed E-state index contributed by atoms with van der Waals surface area (Å²) < 4.78 is 0. The van der Waals surface area contributed by atoms with E-state index in [0.717, 1.165) is 0 Å². The quantitative estimate of drug-likeness (QED) is 0.492. The fourth-order valence-electron chi connectivity index (χ4n) is 0.921. The van der Waals surface area contributed by atoms with Gasteiger partial charge in [-0.25, -0.2) is 0 Å². The predicted octanol–water partition coefficient (Wildman–Crippen LogP) is 3.74. The van der Waals surface area contributed by atoms with Crippen LogP contribution in [0.15, 0.2) is 12.2 Å². The van der Waals surface area contributed by atoms with E-state index in [1.165, 1.54) is 32.1 Å². The van der Waals surface area contributed by atoms with Crippen molar-refractivity contribution in [3.63, 3.8) is 0 Å². The lowest BCUT2D eigenvalue weighted by atomic mass is 10.1. The second-order valence-corrected chi connectivity index (χ2v) is 2.61. The van der Waals surface area contributed by atoms with Gasteiger partial charge in [0.05, 0.1) is 0 Å². The average Bonchev–Trinajstić information content (AvgIpc) is 1.97. The van der Waals surface area contributed by atoms with Crippen LogP contribution in [0.5, 0.6) is 0 Å². The van der Waals surface area contributed by atoms with E-state index in [1.807, 2.05) is 0 Å². The van der Waals surface area contributed by atoms with Crippen LogP contribution in [0.2, 0.25) is 0 Å². The largest absolute Gasteiger partial charge is 0.0882 e. The second-order valence-electron chi connectivity index (χ2n) is 2.61. The lowest BCUT2D eigenvalue weighted by molar-refractivity contribution is 0.674. The molecule has 10 heavy (non-hydrogen) atoms. The maximum Gasteiger partial charge on any atom is -0.0202 e. The Morgan fingerprint density at radius 3 is 2.50 bits per heavy atom. The highest BCUT2D eigenvalue weighted by Gasteiger charge is 1.82.